The van der Waals surface area contributed by atoms with Crippen molar-refractivity contribution in [2.24, 2.45) is 0 Å². The number of rotatable bonds is 0. The fraction of sp³-hybridized carbons (Fsp3) is 1.00. The van der Waals surface area contributed by atoms with Crippen LogP contribution >= 0.6 is 0 Å². The minimum Gasteiger partial charge on any atom is -0.412 e. The standard InChI is InChI=1S/3CH3.Al.H2O/h3*1H3;;1H2. The minimum absolute atomic E-state index is 0. The predicted molar refractivity (Wildman–Crippen MR) is 27.0 cm³/mol. The SMILES string of the molecule is O.[CH3][Al]([CH3])[CH3]. The summed E-state index contributed by atoms with van der Waals surface area (Å²) in [4.78, 5) is 0. The Morgan fingerprint density at radius 1 is 1.00 bits per heavy atom. The summed E-state index contributed by atoms with van der Waals surface area (Å²) >= 11 is -0.139. The van der Waals surface area contributed by atoms with Gasteiger partial charge in [-0.2, -0.15) is 0 Å². The second-order valence-corrected chi connectivity index (χ2v) is 5.20. The maximum absolute atomic E-state index is 2.31. The van der Waals surface area contributed by atoms with Crippen LogP contribution in [0.4, 0.5) is 0 Å². The lowest BCUT2D eigenvalue weighted by molar-refractivity contribution is 0.824. The molecule has 0 fully saturated rings. The van der Waals surface area contributed by atoms with E-state index in [1.54, 1.807) is 0 Å². The van der Waals surface area contributed by atoms with Crippen LogP contribution < -0.4 is 0 Å². The van der Waals surface area contributed by atoms with Crippen molar-refractivity contribution in [3.05, 3.63) is 0 Å². The van der Waals surface area contributed by atoms with Crippen molar-refractivity contribution in [1.82, 2.24) is 0 Å². The Balaban J connectivity index is 0. The van der Waals surface area contributed by atoms with Gasteiger partial charge in [-0.3, -0.25) is 0 Å². The molecule has 0 aliphatic rings. The highest BCUT2D eigenvalue weighted by atomic mass is 27.2. The van der Waals surface area contributed by atoms with E-state index in [1.165, 1.54) is 0 Å². The Hall–Kier alpha value is 0.492. The van der Waals surface area contributed by atoms with E-state index in [9.17, 15) is 0 Å². The summed E-state index contributed by atoms with van der Waals surface area (Å²) in [5, 5.41) is 0. The third-order valence-electron chi connectivity index (χ3n) is 0. The first-order valence-corrected chi connectivity index (χ1v) is 5.20. The highest BCUT2D eigenvalue weighted by Crippen LogP contribution is 1.68. The molecule has 0 aromatic heterocycles. The molecule has 0 saturated carbocycles. The van der Waals surface area contributed by atoms with E-state index in [2.05, 4.69) is 17.4 Å². The lowest BCUT2D eigenvalue weighted by Gasteiger charge is -1.67. The second-order valence-electron chi connectivity index (χ2n) is 1.73. The molecule has 0 radical (unpaired) electrons. The molecule has 0 aliphatic heterocycles. The first kappa shape index (κ1) is 9.09. The van der Waals surface area contributed by atoms with Gasteiger partial charge in [-0.15, -0.1) is 17.4 Å². The van der Waals surface area contributed by atoms with Crippen LogP contribution in [-0.2, 0) is 0 Å². The van der Waals surface area contributed by atoms with Crippen molar-refractivity contribution in [1.29, 1.82) is 0 Å². The van der Waals surface area contributed by atoms with Gasteiger partial charge in [0.15, 0.2) is 0 Å². The Kier molecular flexibility index (Phi) is 8.17. The fourth-order valence-corrected chi connectivity index (χ4v) is 0. The van der Waals surface area contributed by atoms with Gasteiger partial charge < -0.3 is 5.48 Å². The first-order valence-electron chi connectivity index (χ1n) is 1.73. The van der Waals surface area contributed by atoms with E-state index < -0.39 is 0 Å². The van der Waals surface area contributed by atoms with Crippen LogP contribution in [0.3, 0.4) is 0 Å². The van der Waals surface area contributed by atoms with E-state index in [-0.39, 0.29) is 19.6 Å². The van der Waals surface area contributed by atoms with Gasteiger partial charge >= 0.3 is 0 Å². The van der Waals surface area contributed by atoms with Gasteiger partial charge in [0.05, 0.1) is 0 Å². The summed E-state index contributed by atoms with van der Waals surface area (Å²) in [5.41, 5.74) is 0. The largest absolute Gasteiger partial charge is 0.412 e. The molecule has 0 aliphatic carbocycles. The van der Waals surface area contributed by atoms with E-state index in [0.29, 0.717) is 0 Å². The molecule has 0 heterocycles. The first-order chi connectivity index (χ1) is 1.73. The van der Waals surface area contributed by atoms with Crippen molar-refractivity contribution < 1.29 is 5.48 Å². The summed E-state index contributed by atoms with van der Waals surface area (Å²) in [7, 11) is 0. The summed E-state index contributed by atoms with van der Waals surface area (Å²) in [5.74, 6) is 6.92. The van der Waals surface area contributed by atoms with E-state index in [4.69, 9.17) is 0 Å². The molecule has 0 amide bonds. The molecule has 0 atom stereocenters. The average Bonchev–Trinajstić information content (AvgIpc) is 0.811. The zero-order valence-corrected chi connectivity index (χ0v) is 5.23. The maximum Gasteiger partial charge on any atom is 0.251 e. The van der Waals surface area contributed by atoms with Crippen LogP contribution in [0.15, 0.2) is 0 Å². The van der Waals surface area contributed by atoms with Crippen LogP contribution in [0.2, 0.25) is 17.4 Å². The number of hydrogen-bond donors (Lipinski definition) is 0. The lowest BCUT2D eigenvalue weighted by atomic mass is 11.8. The van der Waals surface area contributed by atoms with Gasteiger partial charge in [0.2, 0.25) is 0 Å². The summed E-state index contributed by atoms with van der Waals surface area (Å²) in [6.45, 7) is 0. The third kappa shape index (κ3) is 115. The van der Waals surface area contributed by atoms with E-state index in [0.717, 1.165) is 0 Å². The normalized spacial score (nSPS) is 5.40. The van der Waals surface area contributed by atoms with E-state index in [1.807, 2.05) is 0 Å². The molecule has 2 N–H and O–H groups in total. The molecule has 0 aromatic carbocycles. The van der Waals surface area contributed by atoms with Crippen molar-refractivity contribution in [2.45, 2.75) is 17.4 Å². The van der Waals surface area contributed by atoms with Crippen LogP contribution in [0.1, 0.15) is 0 Å². The van der Waals surface area contributed by atoms with Gasteiger partial charge in [-0.1, -0.05) is 0 Å². The monoisotopic (exact) mass is 90.1 g/mol. The third-order valence-corrected chi connectivity index (χ3v) is 0. The Bertz CT molecular complexity index is 11.6. The molecule has 1 nitrogen and oxygen atoms in total. The Labute approximate surface area is 37.7 Å². The predicted octanol–water partition coefficient (Wildman–Crippen LogP) is 0.546. The molecule has 5 heavy (non-hydrogen) atoms. The summed E-state index contributed by atoms with van der Waals surface area (Å²) in [6.07, 6.45) is 0. The zero-order valence-electron chi connectivity index (χ0n) is 4.08. The molecule has 0 bridgehead atoms. The van der Waals surface area contributed by atoms with Crippen LogP contribution in [-0.4, -0.2) is 19.6 Å². The average molecular weight is 90.1 g/mol. The molecule has 32 valence electrons. The highest BCUT2D eigenvalue weighted by molar-refractivity contribution is 6.54. The van der Waals surface area contributed by atoms with Crippen molar-refractivity contribution in [3.8, 4) is 0 Å². The fourth-order valence-electron chi connectivity index (χ4n) is 0. The van der Waals surface area contributed by atoms with Gasteiger partial charge in [0.1, 0.15) is 0 Å². The Morgan fingerprint density at radius 3 is 1.00 bits per heavy atom. The highest BCUT2D eigenvalue weighted by Gasteiger charge is 1.81. The van der Waals surface area contributed by atoms with Gasteiger partial charge in [0, 0.05) is 0 Å². The van der Waals surface area contributed by atoms with Gasteiger partial charge in [-0.05, 0) is 0 Å². The van der Waals surface area contributed by atoms with Crippen LogP contribution in [0.25, 0.3) is 0 Å². The van der Waals surface area contributed by atoms with E-state index >= 15 is 0 Å². The Morgan fingerprint density at radius 2 is 1.00 bits per heavy atom. The lowest BCUT2D eigenvalue weighted by Crippen LogP contribution is -1.84. The van der Waals surface area contributed by atoms with Crippen molar-refractivity contribution in [2.75, 3.05) is 0 Å². The van der Waals surface area contributed by atoms with Crippen molar-refractivity contribution >= 4 is 14.1 Å². The smallest absolute Gasteiger partial charge is 0.251 e. The molecule has 0 saturated heterocycles. The van der Waals surface area contributed by atoms with Gasteiger partial charge in [-0.25, -0.2) is 0 Å². The zero-order chi connectivity index (χ0) is 3.58. The molecular weight excluding hydrogens is 79.0 g/mol. The number of hydrogen-bond acceptors (Lipinski definition) is 0. The molecule has 0 unspecified atom stereocenters. The maximum atomic E-state index is 2.31. The molecular formula is C3H11AlO. The molecule has 2 heteroatoms. The van der Waals surface area contributed by atoms with Crippen LogP contribution in [0, 0.1) is 0 Å². The van der Waals surface area contributed by atoms with Crippen LogP contribution in [0.5, 0.6) is 0 Å². The molecule has 0 rings (SSSR count). The summed E-state index contributed by atoms with van der Waals surface area (Å²) < 4.78 is 0. The minimum atomic E-state index is -0.139. The molecule has 0 aromatic rings. The second kappa shape index (κ2) is 4.49. The quantitative estimate of drug-likeness (QED) is 0.389. The topological polar surface area (TPSA) is 31.5 Å². The van der Waals surface area contributed by atoms with Crippen molar-refractivity contribution in [3.63, 3.8) is 0 Å². The summed E-state index contributed by atoms with van der Waals surface area (Å²) in [6, 6.07) is 0. The molecule has 0 spiro atoms. The van der Waals surface area contributed by atoms with Gasteiger partial charge in [0.25, 0.3) is 14.1 Å².